The molecule has 13 aromatic rings. The van der Waals surface area contributed by atoms with Crippen molar-refractivity contribution in [3.8, 4) is 89.8 Å². The third-order valence-electron chi connectivity index (χ3n) is 13.4. The number of aromatic nitrogens is 3. The highest BCUT2D eigenvalue weighted by Crippen LogP contribution is 2.43. The molecule has 0 unspecified atom stereocenters. The van der Waals surface area contributed by atoms with Gasteiger partial charge in [0.05, 0.1) is 0 Å². The monoisotopic (exact) mass is 895 g/mol. The number of fused-ring (bicyclic) bond motifs is 5. The van der Waals surface area contributed by atoms with Crippen LogP contribution in [-0.2, 0) is 0 Å². The Morgan fingerprint density at radius 2 is 0.638 bits per heavy atom. The summed E-state index contributed by atoms with van der Waals surface area (Å²) in [5.41, 5.74) is 14.4. The molecule has 0 aliphatic rings. The van der Waals surface area contributed by atoms with E-state index in [0.29, 0.717) is 17.5 Å². The molecule has 322 valence electrons. The third kappa shape index (κ3) is 7.35. The van der Waals surface area contributed by atoms with Crippen LogP contribution < -0.4 is 0 Å². The lowest BCUT2D eigenvalue weighted by Gasteiger charge is -2.16. The number of benzene rings is 11. The molecular weight excluding hydrogens is 855 g/mol. The maximum atomic E-state index is 5.22. The second kappa shape index (κ2) is 17.1. The van der Waals surface area contributed by atoms with Crippen LogP contribution in [0.15, 0.2) is 249 Å². The molecular formula is C65H41N3S. The molecule has 4 heteroatoms. The van der Waals surface area contributed by atoms with Crippen LogP contribution in [0, 0.1) is 0 Å². The molecule has 0 spiro atoms. The molecule has 0 saturated carbocycles. The number of rotatable bonds is 8. The summed E-state index contributed by atoms with van der Waals surface area (Å²) in [5.74, 6) is 1.87. The summed E-state index contributed by atoms with van der Waals surface area (Å²) < 4.78 is 2.64. The summed E-state index contributed by atoms with van der Waals surface area (Å²) >= 11 is 1.86. The zero-order chi connectivity index (χ0) is 45.7. The molecule has 0 aliphatic heterocycles. The van der Waals surface area contributed by atoms with Crippen LogP contribution in [0.3, 0.4) is 0 Å². The first-order valence-electron chi connectivity index (χ1n) is 23.3. The maximum Gasteiger partial charge on any atom is 0.164 e. The van der Waals surface area contributed by atoms with E-state index in [4.69, 9.17) is 15.0 Å². The van der Waals surface area contributed by atoms with Crippen molar-refractivity contribution in [2.75, 3.05) is 0 Å². The summed E-state index contributed by atoms with van der Waals surface area (Å²) in [4.78, 5) is 15.6. The molecule has 0 fully saturated rings. The predicted octanol–water partition coefficient (Wildman–Crippen LogP) is 17.9. The van der Waals surface area contributed by atoms with E-state index >= 15 is 0 Å². The maximum absolute atomic E-state index is 5.22. The Bertz CT molecular complexity index is 4060. The van der Waals surface area contributed by atoms with Crippen LogP contribution in [-0.4, -0.2) is 15.0 Å². The van der Waals surface area contributed by atoms with Crippen molar-refractivity contribution < 1.29 is 0 Å². The second-order valence-electron chi connectivity index (χ2n) is 17.5. The molecule has 0 amide bonds. The molecule has 11 aromatic carbocycles. The molecule has 0 atom stereocenters. The standard InChI is InChI=1S/C65H41N3S/c1-3-16-42(17-4-1)46-20-15-21-48(40-46)64-66-63(67-65(68-64)59-28-12-7-22-49(59)43-18-5-2-6-19-43)45-32-30-44(31-33-45)50-35-37-56(54-25-10-8-23-52(50)54)57-38-36-51(53-24-9-11-26-55(53)57)47-34-39-62-60(41-47)58-27-13-14-29-61(58)69-62/h1-41H. The van der Waals surface area contributed by atoms with Crippen LogP contribution in [0.5, 0.6) is 0 Å². The number of hydrogen-bond donors (Lipinski definition) is 0. The normalized spacial score (nSPS) is 11.5. The van der Waals surface area contributed by atoms with Crippen molar-refractivity contribution in [3.63, 3.8) is 0 Å². The van der Waals surface area contributed by atoms with E-state index in [2.05, 4.69) is 237 Å². The largest absolute Gasteiger partial charge is 0.208 e. The van der Waals surface area contributed by atoms with Gasteiger partial charge >= 0.3 is 0 Å². The van der Waals surface area contributed by atoms with Gasteiger partial charge in [-0.15, -0.1) is 11.3 Å². The van der Waals surface area contributed by atoms with E-state index in [1.165, 1.54) is 69.5 Å². The van der Waals surface area contributed by atoms with Gasteiger partial charge in [-0.1, -0.05) is 224 Å². The summed E-state index contributed by atoms with van der Waals surface area (Å²) in [5, 5.41) is 7.53. The molecule has 2 heterocycles. The lowest BCUT2D eigenvalue weighted by Crippen LogP contribution is -2.01. The molecule has 2 aromatic heterocycles. The fourth-order valence-corrected chi connectivity index (χ4v) is 11.1. The van der Waals surface area contributed by atoms with Gasteiger partial charge < -0.3 is 0 Å². The minimum atomic E-state index is 0.619. The SMILES string of the molecule is c1ccc(-c2cccc(-c3nc(-c4ccc(-c5ccc(-c6ccc(-c7ccc8sc9ccccc9c8c7)c7ccccc67)c6ccccc56)cc4)nc(-c4ccccc4-c4ccccc4)n3)c2)cc1. The van der Waals surface area contributed by atoms with Gasteiger partial charge in [-0.2, -0.15) is 0 Å². The van der Waals surface area contributed by atoms with E-state index in [-0.39, 0.29) is 0 Å². The van der Waals surface area contributed by atoms with Crippen molar-refractivity contribution in [1.82, 2.24) is 15.0 Å². The Morgan fingerprint density at radius 3 is 1.32 bits per heavy atom. The van der Waals surface area contributed by atoms with E-state index in [0.717, 1.165) is 44.5 Å². The topological polar surface area (TPSA) is 38.7 Å². The van der Waals surface area contributed by atoms with Crippen LogP contribution in [0.4, 0.5) is 0 Å². The first-order valence-corrected chi connectivity index (χ1v) is 24.1. The average molecular weight is 896 g/mol. The van der Waals surface area contributed by atoms with Gasteiger partial charge in [0, 0.05) is 36.9 Å². The number of hydrogen-bond acceptors (Lipinski definition) is 4. The zero-order valence-corrected chi connectivity index (χ0v) is 38.2. The lowest BCUT2D eigenvalue weighted by molar-refractivity contribution is 1.07. The quantitative estimate of drug-likeness (QED) is 0.153. The van der Waals surface area contributed by atoms with Gasteiger partial charge in [0.2, 0.25) is 0 Å². The lowest BCUT2D eigenvalue weighted by atomic mass is 9.88. The molecule has 13 rings (SSSR count). The molecule has 3 nitrogen and oxygen atoms in total. The smallest absolute Gasteiger partial charge is 0.164 e. The van der Waals surface area contributed by atoms with Gasteiger partial charge in [-0.3, -0.25) is 0 Å². The average Bonchev–Trinajstić information content (AvgIpc) is 3.81. The van der Waals surface area contributed by atoms with E-state index in [1.807, 2.05) is 23.5 Å². The van der Waals surface area contributed by atoms with E-state index < -0.39 is 0 Å². The third-order valence-corrected chi connectivity index (χ3v) is 14.5. The van der Waals surface area contributed by atoms with Crippen molar-refractivity contribution in [2.45, 2.75) is 0 Å². The zero-order valence-electron chi connectivity index (χ0n) is 37.4. The first-order chi connectivity index (χ1) is 34.2. The molecule has 0 N–H and O–H groups in total. The Kier molecular flexibility index (Phi) is 10.0. The first kappa shape index (κ1) is 40.4. The number of thiophene rings is 1. The highest BCUT2D eigenvalue weighted by Gasteiger charge is 2.18. The van der Waals surface area contributed by atoms with Gasteiger partial charge in [-0.05, 0) is 101 Å². The Balaban J connectivity index is 0.891. The highest BCUT2D eigenvalue weighted by atomic mass is 32.1. The van der Waals surface area contributed by atoms with Crippen molar-refractivity contribution in [1.29, 1.82) is 0 Å². The number of nitrogens with zero attached hydrogens (tertiary/aromatic N) is 3. The summed E-state index contributed by atoms with van der Waals surface area (Å²) in [6.07, 6.45) is 0. The molecule has 69 heavy (non-hydrogen) atoms. The molecule has 0 bridgehead atoms. The summed E-state index contributed by atoms with van der Waals surface area (Å²) in [6, 6.07) is 88.9. The van der Waals surface area contributed by atoms with Crippen molar-refractivity contribution >= 4 is 53.1 Å². The fraction of sp³-hybridized carbons (Fsp3) is 0. The minimum absolute atomic E-state index is 0.619. The van der Waals surface area contributed by atoms with Crippen molar-refractivity contribution in [3.05, 3.63) is 249 Å². The van der Waals surface area contributed by atoms with Gasteiger partial charge in [-0.25, -0.2) is 15.0 Å². The minimum Gasteiger partial charge on any atom is -0.208 e. The summed E-state index contributed by atoms with van der Waals surface area (Å²) in [6.45, 7) is 0. The van der Waals surface area contributed by atoms with E-state index in [1.54, 1.807) is 0 Å². The van der Waals surface area contributed by atoms with Gasteiger partial charge in [0.1, 0.15) is 0 Å². The molecule has 0 radical (unpaired) electrons. The Hall–Kier alpha value is -8.83. The second-order valence-corrected chi connectivity index (χ2v) is 18.5. The Morgan fingerprint density at radius 1 is 0.203 bits per heavy atom. The van der Waals surface area contributed by atoms with Crippen LogP contribution in [0.25, 0.3) is 132 Å². The fourth-order valence-electron chi connectivity index (χ4n) is 10.0. The van der Waals surface area contributed by atoms with Crippen molar-refractivity contribution in [2.24, 2.45) is 0 Å². The van der Waals surface area contributed by atoms with Crippen LogP contribution in [0.1, 0.15) is 0 Å². The van der Waals surface area contributed by atoms with Gasteiger partial charge in [0.15, 0.2) is 17.5 Å². The van der Waals surface area contributed by atoms with Crippen LogP contribution >= 0.6 is 11.3 Å². The Labute approximate surface area is 404 Å². The van der Waals surface area contributed by atoms with E-state index in [9.17, 15) is 0 Å². The summed E-state index contributed by atoms with van der Waals surface area (Å²) in [7, 11) is 0. The molecule has 0 aliphatic carbocycles. The predicted molar refractivity (Wildman–Crippen MR) is 291 cm³/mol. The van der Waals surface area contributed by atoms with Gasteiger partial charge in [0.25, 0.3) is 0 Å². The molecule has 0 saturated heterocycles. The highest BCUT2D eigenvalue weighted by molar-refractivity contribution is 7.25. The van der Waals surface area contributed by atoms with Crippen LogP contribution in [0.2, 0.25) is 0 Å².